The maximum atomic E-state index is 12.7. The van der Waals surface area contributed by atoms with Gasteiger partial charge in [-0.05, 0) is 54.4 Å². The van der Waals surface area contributed by atoms with Crippen molar-refractivity contribution in [2.24, 2.45) is 11.3 Å². The Morgan fingerprint density at radius 2 is 1.88 bits per heavy atom. The third kappa shape index (κ3) is 4.50. The molecule has 0 unspecified atom stereocenters. The van der Waals surface area contributed by atoms with E-state index in [1.165, 1.54) is 0 Å². The monoisotopic (exact) mass is 435 g/mol. The van der Waals surface area contributed by atoms with Gasteiger partial charge in [0.15, 0.2) is 0 Å². The van der Waals surface area contributed by atoms with E-state index < -0.39 is 5.41 Å². The topological polar surface area (TPSA) is 103 Å². The Kier molecular flexibility index (Phi) is 6.23. The van der Waals surface area contributed by atoms with E-state index in [0.717, 1.165) is 24.1 Å². The summed E-state index contributed by atoms with van der Waals surface area (Å²) in [7, 11) is 0. The molecule has 32 heavy (non-hydrogen) atoms. The molecule has 2 aliphatic rings. The number of aromatic nitrogens is 1. The van der Waals surface area contributed by atoms with Gasteiger partial charge < -0.3 is 20.9 Å². The van der Waals surface area contributed by atoms with Crippen LogP contribution in [0.2, 0.25) is 0 Å². The Morgan fingerprint density at radius 1 is 1.12 bits per heavy atom. The van der Waals surface area contributed by atoms with Gasteiger partial charge in [-0.15, -0.1) is 0 Å². The highest BCUT2D eigenvalue weighted by molar-refractivity contribution is 5.96. The molecule has 0 radical (unpaired) electrons. The molecule has 168 valence electrons. The van der Waals surface area contributed by atoms with Gasteiger partial charge in [-0.25, -0.2) is 4.79 Å². The van der Waals surface area contributed by atoms with Crippen LogP contribution in [0.25, 0.3) is 0 Å². The lowest BCUT2D eigenvalue weighted by Crippen LogP contribution is -2.46. The second-order valence-corrected chi connectivity index (χ2v) is 8.92. The summed E-state index contributed by atoms with van der Waals surface area (Å²) in [6, 6.07) is 8.51. The predicted octanol–water partition coefficient (Wildman–Crippen LogP) is 2.56. The lowest BCUT2D eigenvalue weighted by Gasteiger charge is -2.28. The zero-order chi connectivity index (χ0) is 22.7. The first-order valence-corrected chi connectivity index (χ1v) is 11.0. The van der Waals surface area contributed by atoms with Crippen LogP contribution in [0.1, 0.15) is 41.8 Å². The highest BCUT2D eigenvalue weighted by atomic mass is 16.2. The number of Topliss-reactive ketones (excluding diaryl/α,β-unsaturated/α-hetero) is 1. The normalized spacial score (nSPS) is 19.7. The standard InChI is InChI=1S/C24H29N5O3/c1-16(2)21(30)24(8-10-26-14-24)15-27-22(31)17-3-5-20(6-4-17)28-23(32)29-12-18-7-9-25-11-19(18)13-29/h3-7,9,11,16,26H,8,10,12-15H2,1-2H3,(H,27,31)(H,28,32)/t24-/m1/s1. The number of hydrogen-bond donors (Lipinski definition) is 3. The van der Waals surface area contributed by atoms with Gasteiger partial charge in [-0.2, -0.15) is 0 Å². The fraction of sp³-hybridized carbons (Fsp3) is 0.417. The van der Waals surface area contributed by atoms with Crippen molar-refractivity contribution in [3.63, 3.8) is 0 Å². The summed E-state index contributed by atoms with van der Waals surface area (Å²) in [6.07, 6.45) is 4.25. The number of pyridine rings is 1. The Labute approximate surface area is 187 Å². The summed E-state index contributed by atoms with van der Waals surface area (Å²) in [5, 5.41) is 9.06. The minimum absolute atomic E-state index is 0.0747. The summed E-state index contributed by atoms with van der Waals surface area (Å²) in [4.78, 5) is 43.8. The number of nitrogens with one attached hydrogen (secondary N) is 3. The van der Waals surface area contributed by atoms with E-state index >= 15 is 0 Å². The van der Waals surface area contributed by atoms with Crippen LogP contribution in [0.15, 0.2) is 42.7 Å². The van der Waals surface area contributed by atoms with Crippen LogP contribution in [0.4, 0.5) is 10.5 Å². The molecule has 3 N–H and O–H groups in total. The first-order valence-electron chi connectivity index (χ1n) is 11.0. The molecule has 2 aromatic rings. The van der Waals surface area contributed by atoms with E-state index in [1.54, 1.807) is 41.6 Å². The largest absolute Gasteiger partial charge is 0.351 e. The summed E-state index contributed by atoms with van der Waals surface area (Å²) in [5.74, 6) is -0.122. The van der Waals surface area contributed by atoms with Crippen molar-refractivity contribution in [2.45, 2.75) is 33.4 Å². The van der Waals surface area contributed by atoms with Crippen LogP contribution in [0.5, 0.6) is 0 Å². The first-order chi connectivity index (χ1) is 15.4. The van der Waals surface area contributed by atoms with Gasteiger partial charge in [0.05, 0.1) is 5.41 Å². The summed E-state index contributed by atoms with van der Waals surface area (Å²) in [6.45, 7) is 6.56. The van der Waals surface area contributed by atoms with Crippen LogP contribution in [-0.2, 0) is 17.9 Å². The van der Waals surface area contributed by atoms with Gasteiger partial charge in [-0.3, -0.25) is 14.6 Å². The van der Waals surface area contributed by atoms with Crippen molar-refractivity contribution in [2.75, 3.05) is 25.0 Å². The van der Waals surface area contributed by atoms with Gasteiger partial charge in [0.2, 0.25) is 0 Å². The first kappa shape index (κ1) is 22.0. The maximum Gasteiger partial charge on any atom is 0.322 e. The molecule has 0 aliphatic carbocycles. The quantitative estimate of drug-likeness (QED) is 0.647. The molecule has 1 saturated heterocycles. The van der Waals surface area contributed by atoms with Crippen LogP contribution < -0.4 is 16.0 Å². The molecule has 1 aromatic carbocycles. The van der Waals surface area contributed by atoms with Crippen molar-refractivity contribution in [3.05, 3.63) is 59.4 Å². The highest BCUT2D eigenvalue weighted by Gasteiger charge is 2.42. The number of urea groups is 1. The number of hydrogen-bond acceptors (Lipinski definition) is 5. The van der Waals surface area contributed by atoms with Gasteiger partial charge in [0.1, 0.15) is 5.78 Å². The molecule has 1 fully saturated rings. The summed E-state index contributed by atoms with van der Waals surface area (Å²) in [5.41, 5.74) is 2.72. The van der Waals surface area contributed by atoms with Crippen molar-refractivity contribution in [1.82, 2.24) is 20.5 Å². The average Bonchev–Trinajstić information content (AvgIpc) is 3.45. The molecule has 8 nitrogen and oxygen atoms in total. The van der Waals surface area contributed by atoms with Crippen molar-refractivity contribution >= 4 is 23.4 Å². The minimum atomic E-state index is -0.541. The van der Waals surface area contributed by atoms with E-state index in [0.29, 0.717) is 37.4 Å². The molecule has 0 saturated carbocycles. The van der Waals surface area contributed by atoms with Crippen LogP contribution in [0, 0.1) is 11.3 Å². The Balaban J connectivity index is 1.33. The summed E-state index contributed by atoms with van der Waals surface area (Å²) >= 11 is 0. The van der Waals surface area contributed by atoms with Crippen LogP contribution >= 0.6 is 0 Å². The second kappa shape index (κ2) is 9.08. The molecular weight excluding hydrogens is 406 g/mol. The molecule has 2 aliphatic heterocycles. The molecular formula is C24H29N5O3. The fourth-order valence-corrected chi connectivity index (χ4v) is 4.43. The number of carbonyl (C=O) groups is 3. The van der Waals surface area contributed by atoms with Crippen LogP contribution in [-0.4, -0.2) is 47.2 Å². The van der Waals surface area contributed by atoms with Gasteiger partial charge in [-0.1, -0.05) is 13.8 Å². The van der Waals surface area contributed by atoms with Gasteiger partial charge in [0.25, 0.3) is 5.91 Å². The van der Waals surface area contributed by atoms with Crippen LogP contribution in [0.3, 0.4) is 0 Å². The van der Waals surface area contributed by atoms with E-state index in [-0.39, 0.29) is 23.6 Å². The minimum Gasteiger partial charge on any atom is -0.351 e. The molecule has 8 heteroatoms. The number of carbonyl (C=O) groups excluding carboxylic acids is 3. The number of nitrogens with zero attached hydrogens (tertiary/aromatic N) is 2. The third-order valence-corrected chi connectivity index (χ3v) is 6.29. The fourth-order valence-electron chi connectivity index (χ4n) is 4.43. The molecule has 3 amide bonds. The smallest absolute Gasteiger partial charge is 0.322 e. The van der Waals surface area contributed by atoms with E-state index in [9.17, 15) is 14.4 Å². The zero-order valence-corrected chi connectivity index (χ0v) is 18.5. The van der Waals surface area contributed by atoms with Gasteiger partial charge >= 0.3 is 6.03 Å². The van der Waals surface area contributed by atoms with Crippen molar-refractivity contribution < 1.29 is 14.4 Å². The molecule has 1 atom stereocenters. The molecule has 0 spiro atoms. The van der Waals surface area contributed by atoms with Crippen molar-refractivity contribution in [1.29, 1.82) is 0 Å². The molecule has 0 bridgehead atoms. The predicted molar refractivity (Wildman–Crippen MR) is 121 cm³/mol. The van der Waals surface area contributed by atoms with E-state index in [2.05, 4.69) is 20.9 Å². The lowest BCUT2D eigenvalue weighted by molar-refractivity contribution is -0.130. The average molecular weight is 436 g/mol. The van der Waals surface area contributed by atoms with E-state index in [1.807, 2.05) is 19.9 Å². The highest BCUT2D eigenvalue weighted by Crippen LogP contribution is 2.29. The number of anilines is 1. The number of rotatable bonds is 6. The third-order valence-electron chi connectivity index (χ3n) is 6.29. The second-order valence-electron chi connectivity index (χ2n) is 8.92. The number of fused-ring (bicyclic) bond motifs is 1. The molecule has 4 rings (SSSR count). The van der Waals surface area contributed by atoms with Gasteiger partial charge in [0, 0.05) is 55.7 Å². The molecule has 3 heterocycles. The number of ketones is 1. The Hall–Kier alpha value is -3.26. The maximum absolute atomic E-state index is 12.7. The lowest BCUT2D eigenvalue weighted by atomic mass is 9.78. The SMILES string of the molecule is CC(C)C(=O)[C@]1(CNC(=O)c2ccc(NC(=O)N3Cc4ccncc4C3)cc2)CCNC1. The Bertz CT molecular complexity index is 988. The van der Waals surface area contributed by atoms with Crippen molar-refractivity contribution in [3.8, 4) is 0 Å². The molecule has 1 aromatic heterocycles. The zero-order valence-electron chi connectivity index (χ0n) is 18.5. The summed E-state index contributed by atoms with van der Waals surface area (Å²) < 4.78 is 0. The van der Waals surface area contributed by atoms with E-state index in [4.69, 9.17) is 0 Å². The number of benzene rings is 1. The number of amides is 3. The Morgan fingerprint density at radius 3 is 2.53 bits per heavy atom.